The number of rotatable bonds is 2. The zero-order chi connectivity index (χ0) is 14.0. The van der Waals surface area contributed by atoms with Crippen LogP contribution in [0.5, 0.6) is 0 Å². The summed E-state index contributed by atoms with van der Waals surface area (Å²) < 4.78 is 0. The molecular weight excluding hydrogens is 332 g/mol. The Labute approximate surface area is 128 Å². The average Bonchev–Trinajstić information content (AvgIpc) is 2.35. The summed E-state index contributed by atoms with van der Waals surface area (Å²) in [6, 6.07) is 6.00. The molecule has 0 aliphatic carbocycles. The third kappa shape index (κ3) is 3.48. The summed E-state index contributed by atoms with van der Waals surface area (Å²) in [5.74, 6) is -0.494. The SMILES string of the molecule is O=C(Nc1ccc(Cl)cc1Cl)c1cc(Cl)nnc1Cl. The molecule has 4 nitrogen and oxygen atoms in total. The lowest BCUT2D eigenvalue weighted by Gasteiger charge is -2.08. The van der Waals surface area contributed by atoms with E-state index in [1.54, 1.807) is 12.1 Å². The zero-order valence-corrected chi connectivity index (χ0v) is 12.1. The molecule has 1 heterocycles. The van der Waals surface area contributed by atoms with Crippen LogP contribution in [0.4, 0.5) is 5.69 Å². The highest BCUT2D eigenvalue weighted by Crippen LogP contribution is 2.26. The third-order valence-electron chi connectivity index (χ3n) is 2.14. The van der Waals surface area contributed by atoms with Gasteiger partial charge in [-0.2, -0.15) is 0 Å². The van der Waals surface area contributed by atoms with Gasteiger partial charge < -0.3 is 5.32 Å². The highest BCUT2D eigenvalue weighted by Gasteiger charge is 2.14. The number of carbonyl (C=O) groups is 1. The van der Waals surface area contributed by atoms with Crippen LogP contribution in [0.3, 0.4) is 0 Å². The van der Waals surface area contributed by atoms with Crippen LogP contribution in [-0.2, 0) is 0 Å². The lowest BCUT2D eigenvalue weighted by atomic mass is 10.2. The van der Waals surface area contributed by atoms with E-state index < -0.39 is 5.91 Å². The largest absolute Gasteiger partial charge is 0.321 e. The maximum atomic E-state index is 12.0. The fraction of sp³-hybridized carbons (Fsp3) is 0. The first-order chi connectivity index (χ1) is 8.97. The molecule has 0 radical (unpaired) electrons. The van der Waals surface area contributed by atoms with Crippen molar-refractivity contribution in [2.24, 2.45) is 0 Å². The van der Waals surface area contributed by atoms with E-state index in [0.29, 0.717) is 15.7 Å². The predicted molar refractivity (Wildman–Crippen MR) is 76.5 cm³/mol. The molecule has 1 aromatic carbocycles. The van der Waals surface area contributed by atoms with Gasteiger partial charge in [0.1, 0.15) is 0 Å². The van der Waals surface area contributed by atoms with Gasteiger partial charge in [0, 0.05) is 5.02 Å². The molecule has 2 rings (SSSR count). The standard InChI is InChI=1S/C11H5Cl4N3O/c12-5-1-2-8(7(13)3-5)16-11(19)6-4-9(14)17-18-10(6)15/h1-4H,(H,16,19). The highest BCUT2D eigenvalue weighted by atomic mass is 35.5. The molecule has 0 fully saturated rings. The van der Waals surface area contributed by atoms with E-state index in [0.717, 1.165) is 0 Å². The molecule has 0 saturated carbocycles. The maximum Gasteiger partial charge on any atom is 0.259 e. The van der Waals surface area contributed by atoms with Crippen LogP contribution in [0, 0.1) is 0 Å². The minimum absolute atomic E-state index is 0.0491. The first-order valence-corrected chi connectivity index (χ1v) is 6.43. The van der Waals surface area contributed by atoms with Crippen LogP contribution in [-0.4, -0.2) is 16.1 Å². The molecule has 0 aliphatic heterocycles. The molecule has 0 bridgehead atoms. The number of hydrogen-bond acceptors (Lipinski definition) is 3. The topological polar surface area (TPSA) is 54.9 Å². The van der Waals surface area contributed by atoms with Crippen LogP contribution in [0.25, 0.3) is 0 Å². The van der Waals surface area contributed by atoms with Gasteiger partial charge in [0.05, 0.1) is 16.3 Å². The minimum atomic E-state index is -0.494. The van der Waals surface area contributed by atoms with Crippen LogP contribution in [0.1, 0.15) is 10.4 Å². The molecule has 0 saturated heterocycles. The van der Waals surface area contributed by atoms with E-state index in [9.17, 15) is 4.79 Å². The summed E-state index contributed by atoms with van der Waals surface area (Å²) in [6.45, 7) is 0. The van der Waals surface area contributed by atoms with Gasteiger partial charge in [0.2, 0.25) is 0 Å². The number of halogens is 4. The maximum absolute atomic E-state index is 12.0. The number of hydrogen-bond donors (Lipinski definition) is 1. The van der Waals surface area contributed by atoms with E-state index in [-0.39, 0.29) is 15.9 Å². The van der Waals surface area contributed by atoms with Crippen molar-refractivity contribution in [3.63, 3.8) is 0 Å². The Morgan fingerprint density at radius 1 is 1.05 bits per heavy atom. The van der Waals surface area contributed by atoms with Gasteiger partial charge in [-0.05, 0) is 24.3 Å². The highest BCUT2D eigenvalue weighted by molar-refractivity contribution is 6.37. The predicted octanol–water partition coefficient (Wildman–Crippen LogP) is 4.34. The summed E-state index contributed by atoms with van der Waals surface area (Å²) in [4.78, 5) is 12.0. The van der Waals surface area contributed by atoms with E-state index in [4.69, 9.17) is 46.4 Å². The lowest BCUT2D eigenvalue weighted by molar-refractivity contribution is 0.102. The summed E-state index contributed by atoms with van der Waals surface area (Å²) in [5.41, 5.74) is 0.507. The van der Waals surface area contributed by atoms with E-state index in [1.807, 2.05) is 0 Å². The fourth-order valence-electron chi connectivity index (χ4n) is 1.29. The Bertz CT molecular complexity index is 648. The Kier molecular flexibility index (Phi) is 4.47. The van der Waals surface area contributed by atoms with Crippen molar-refractivity contribution in [1.29, 1.82) is 0 Å². The average molecular weight is 337 g/mol. The van der Waals surface area contributed by atoms with E-state index >= 15 is 0 Å². The summed E-state index contributed by atoms with van der Waals surface area (Å²) in [6.07, 6.45) is 0. The van der Waals surface area contributed by atoms with E-state index in [1.165, 1.54) is 12.1 Å². The van der Waals surface area contributed by atoms with Gasteiger partial charge >= 0.3 is 0 Å². The molecule has 1 amide bonds. The van der Waals surface area contributed by atoms with Crippen molar-refractivity contribution >= 4 is 58.0 Å². The number of amides is 1. The molecule has 2 aromatic rings. The Balaban J connectivity index is 2.28. The fourth-order valence-corrected chi connectivity index (χ4v) is 2.07. The van der Waals surface area contributed by atoms with Gasteiger partial charge in [-0.15, -0.1) is 10.2 Å². The number of carbonyl (C=O) groups excluding carboxylic acids is 1. The molecule has 0 atom stereocenters. The second kappa shape index (κ2) is 5.92. The van der Waals surface area contributed by atoms with Crippen LogP contribution < -0.4 is 5.32 Å². The van der Waals surface area contributed by atoms with E-state index in [2.05, 4.69) is 15.5 Å². The zero-order valence-electron chi connectivity index (χ0n) is 9.12. The third-order valence-corrected chi connectivity index (χ3v) is 3.15. The van der Waals surface area contributed by atoms with Gasteiger partial charge in [-0.25, -0.2) is 0 Å². The van der Waals surface area contributed by atoms with Crippen LogP contribution in [0.15, 0.2) is 24.3 Å². The minimum Gasteiger partial charge on any atom is -0.321 e. The number of anilines is 1. The Morgan fingerprint density at radius 3 is 2.47 bits per heavy atom. The van der Waals surface area contributed by atoms with Gasteiger partial charge in [0.15, 0.2) is 10.3 Å². The number of nitrogens with one attached hydrogen (secondary N) is 1. The van der Waals surface area contributed by atoms with Crippen molar-refractivity contribution in [1.82, 2.24) is 10.2 Å². The molecule has 0 unspecified atom stereocenters. The molecule has 1 N–H and O–H groups in total. The first-order valence-electron chi connectivity index (χ1n) is 4.92. The molecule has 0 aliphatic rings. The van der Waals surface area contributed by atoms with Gasteiger partial charge in [-0.3, -0.25) is 4.79 Å². The monoisotopic (exact) mass is 335 g/mol. The Morgan fingerprint density at radius 2 is 1.79 bits per heavy atom. The number of nitrogens with zero attached hydrogens (tertiary/aromatic N) is 2. The van der Waals surface area contributed by atoms with Crippen molar-refractivity contribution in [3.05, 3.63) is 50.2 Å². The van der Waals surface area contributed by atoms with Gasteiger partial charge in [0.25, 0.3) is 5.91 Å². The van der Waals surface area contributed by atoms with Crippen LogP contribution in [0.2, 0.25) is 20.4 Å². The number of aromatic nitrogens is 2. The van der Waals surface area contributed by atoms with Crippen molar-refractivity contribution in [3.8, 4) is 0 Å². The second-order valence-corrected chi connectivity index (χ2v) is 5.04. The van der Waals surface area contributed by atoms with Crippen molar-refractivity contribution in [2.45, 2.75) is 0 Å². The van der Waals surface area contributed by atoms with Gasteiger partial charge in [-0.1, -0.05) is 46.4 Å². The smallest absolute Gasteiger partial charge is 0.259 e. The Hall–Kier alpha value is -1.07. The quantitative estimate of drug-likeness (QED) is 0.887. The first kappa shape index (κ1) is 14.3. The lowest BCUT2D eigenvalue weighted by Crippen LogP contribution is -2.13. The summed E-state index contributed by atoms with van der Waals surface area (Å²) in [5, 5.41) is 10.4. The molecule has 19 heavy (non-hydrogen) atoms. The normalized spacial score (nSPS) is 10.3. The van der Waals surface area contributed by atoms with Crippen molar-refractivity contribution in [2.75, 3.05) is 5.32 Å². The molecule has 8 heteroatoms. The molecule has 1 aromatic heterocycles. The molecule has 98 valence electrons. The summed E-state index contributed by atoms with van der Waals surface area (Å²) in [7, 11) is 0. The summed E-state index contributed by atoms with van der Waals surface area (Å²) >= 11 is 23.1. The molecule has 0 spiro atoms. The molecular formula is C11H5Cl4N3O. The van der Waals surface area contributed by atoms with Crippen molar-refractivity contribution < 1.29 is 4.79 Å². The second-order valence-electron chi connectivity index (χ2n) is 3.45. The van der Waals surface area contributed by atoms with Crippen LogP contribution >= 0.6 is 46.4 Å². The number of benzene rings is 1.